The second-order valence-corrected chi connectivity index (χ2v) is 8.74. The topological polar surface area (TPSA) is 79.4 Å². The molecule has 1 aliphatic rings. The molecule has 0 aliphatic heterocycles. The fraction of sp³-hybridized carbons (Fsp3) is 0.368. The summed E-state index contributed by atoms with van der Waals surface area (Å²) in [6.45, 7) is 0. The number of H-pyrrole nitrogens is 1. The van der Waals surface area contributed by atoms with Crippen LogP contribution in [0.3, 0.4) is 0 Å². The minimum absolute atomic E-state index is 0.0492. The van der Waals surface area contributed by atoms with Crippen molar-refractivity contribution in [3.05, 3.63) is 40.5 Å². The van der Waals surface area contributed by atoms with Gasteiger partial charge in [-0.2, -0.15) is 31.4 Å². The van der Waals surface area contributed by atoms with Gasteiger partial charge in [-0.05, 0) is 42.8 Å². The third-order valence-electron chi connectivity index (χ3n) is 4.87. The van der Waals surface area contributed by atoms with Crippen molar-refractivity contribution in [2.75, 3.05) is 5.32 Å². The molecule has 0 spiro atoms. The van der Waals surface area contributed by atoms with Crippen LogP contribution in [0.25, 0.3) is 11.4 Å². The molecule has 0 unspecified atom stereocenters. The number of rotatable bonds is 5. The van der Waals surface area contributed by atoms with Crippen molar-refractivity contribution < 1.29 is 26.3 Å². The number of aromatic nitrogens is 5. The van der Waals surface area contributed by atoms with Crippen LogP contribution < -0.4 is 5.32 Å². The molecule has 3 aromatic rings. The van der Waals surface area contributed by atoms with E-state index < -0.39 is 29.0 Å². The molecule has 14 heteroatoms. The first-order valence-corrected chi connectivity index (χ1v) is 10.9. The van der Waals surface area contributed by atoms with E-state index in [1.165, 1.54) is 6.07 Å². The quantitative estimate of drug-likeness (QED) is 0.304. The number of hydrogen-bond donors (Lipinski definition) is 2. The molecule has 176 valence electrons. The zero-order valence-electron chi connectivity index (χ0n) is 16.6. The molecule has 1 saturated carbocycles. The molecule has 1 fully saturated rings. The maximum Gasteiger partial charge on any atom is 0.416 e. The Morgan fingerprint density at radius 3 is 2.15 bits per heavy atom. The molecule has 1 aliphatic carbocycles. The normalized spacial score (nSPS) is 15.2. The van der Waals surface area contributed by atoms with Crippen LogP contribution in [-0.4, -0.2) is 31.2 Å². The average Bonchev–Trinajstić information content (AvgIpc) is 3.38. The third kappa shape index (κ3) is 5.88. The van der Waals surface area contributed by atoms with Gasteiger partial charge in [0.2, 0.25) is 5.95 Å². The number of anilines is 1. The molecule has 0 saturated heterocycles. The molecule has 4 rings (SSSR count). The lowest BCUT2D eigenvalue weighted by atomic mass is 10.0. The standard InChI is InChI=1S/C19H15ClF6N6S/c20-13-8-14(29-16(28-13)27-12-3-1-2-4-12)33-17-30-15(31-32-17)9-5-10(18(21,22)23)7-11(6-9)19(24,25)26/h5-8,12H,1-4H2,(H,27,28,29)(H,30,31,32). The summed E-state index contributed by atoms with van der Waals surface area (Å²) in [5.41, 5.74) is -3.32. The summed E-state index contributed by atoms with van der Waals surface area (Å²) in [6, 6.07) is 2.88. The number of halogens is 7. The van der Waals surface area contributed by atoms with Crippen LogP contribution in [0, 0.1) is 0 Å². The minimum atomic E-state index is -4.97. The van der Waals surface area contributed by atoms with Crippen molar-refractivity contribution in [3.63, 3.8) is 0 Å². The molecule has 33 heavy (non-hydrogen) atoms. The summed E-state index contributed by atoms with van der Waals surface area (Å²) in [7, 11) is 0. The van der Waals surface area contributed by atoms with Crippen LogP contribution in [-0.2, 0) is 12.4 Å². The minimum Gasteiger partial charge on any atom is -0.351 e. The van der Waals surface area contributed by atoms with Crippen LogP contribution in [0.15, 0.2) is 34.4 Å². The highest BCUT2D eigenvalue weighted by molar-refractivity contribution is 7.99. The van der Waals surface area contributed by atoms with E-state index in [0.717, 1.165) is 37.4 Å². The number of benzene rings is 1. The predicted octanol–water partition coefficient (Wildman–Crippen LogP) is 6.46. The lowest BCUT2D eigenvalue weighted by molar-refractivity contribution is -0.143. The predicted molar refractivity (Wildman–Crippen MR) is 109 cm³/mol. The van der Waals surface area contributed by atoms with Crippen molar-refractivity contribution in [2.24, 2.45) is 0 Å². The van der Waals surface area contributed by atoms with E-state index in [4.69, 9.17) is 11.6 Å². The second-order valence-electron chi connectivity index (χ2n) is 7.34. The summed E-state index contributed by atoms with van der Waals surface area (Å²) in [4.78, 5) is 12.5. The molecule has 0 amide bonds. The SMILES string of the molecule is FC(F)(F)c1cc(-c2n[nH]c(Sc3cc(Cl)nc(NC4CCCC4)n3)n2)cc(C(F)(F)F)c1. The highest BCUT2D eigenvalue weighted by atomic mass is 35.5. The van der Waals surface area contributed by atoms with E-state index in [-0.39, 0.29) is 28.2 Å². The van der Waals surface area contributed by atoms with E-state index >= 15 is 0 Å². The first-order valence-electron chi connectivity index (χ1n) is 9.68. The number of alkyl halides is 6. The first-order chi connectivity index (χ1) is 15.5. The van der Waals surface area contributed by atoms with E-state index in [1.807, 2.05) is 0 Å². The number of hydrogen-bond acceptors (Lipinski definition) is 6. The lowest BCUT2D eigenvalue weighted by Gasteiger charge is -2.13. The Hall–Kier alpha value is -2.54. The van der Waals surface area contributed by atoms with Gasteiger partial charge in [0.1, 0.15) is 10.2 Å². The van der Waals surface area contributed by atoms with E-state index in [2.05, 4.69) is 30.5 Å². The summed E-state index contributed by atoms with van der Waals surface area (Å²) in [6.07, 6.45) is -5.76. The maximum absolute atomic E-state index is 13.1. The molecule has 2 N–H and O–H groups in total. The van der Waals surface area contributed by atoms with Crippen LogP contribution >= 0.6 is 23.4 Å². The van der Waals surface area contributed by atoms with Gasteiger partial charge in [-0.3, -0.25) is 5.10 Å². The van der Waals surface area contributed by atoms with Crippen LogP contribution in [0.5, 0.6) is 0 Å². The monoisotopic (exact) mass is 508 g/mol. The molecular formula is C19H15ClF6N6S. The molecule has 1 aromatic carbocycles. The number of nitrogens with zero attached hydrogens (tertiary/aromatic N) is 4. The number of aromatic amines is 1. The average molecular weight is 509 g/mol. The fourth-order valence-electron chi connectivity index (χ4n) is 3.37. The Bertz CT molecular complexity index is 1110. The third-order valence-corrected chi connectivity index (χ3v) is 5.86. The molecular weight excluding hydrogens is 494 g/mol. The summed E-state index contributed by atoms with van der Waals surface area (Å²) >= 11 is 7.02. The van der Waals surface area contributed by atoms with E-state index in [1.54, 1.807) is 0 Å². The lowest BCUT2D eigenvalue weighted by Crippen LogP contribution is -2.16. The van der Waals surface area contributed by atoms with Gasteiger partial charge in [-0.25, -0.2) is 15.0 Å². The van der Waals surface area contributed by atoms with Crippen molar-refractivity contribution in [1.82, 2.24) is 25.1 Å². The van der Waals surface area contributed by atoms with Gasteiger partial charge in [-0.15, -0.1) is 0 Å². The van der Waals surface area contributed by atoms with E-state index in [0.29, 0.717) is 23.1 Å². The Balaban J connectivity index is 1.59. The summed E-state index contributed by atoms with van der Waals surface area (Å²) in [5, 5.41) is 10.1. The van der Waals surface area contributed by atoms with Gasteiger partial charge in [0, 0.05) is 17.7 Å². The maximum atomic E-state index is 13.1. The smallest absolute Gasteiger partial charge is 0.351 e. The highest BCUT2D eigenvalue weighted by Crippen LogP contribution is 2.38. The van der Waals surface area contributed by atoms with Gasteiger partial charge in [0.15, 0.2) is 11.0 Å². The Morgan fingerprint density at radius 1 is 0.909 bits per heavy atom. The number of nitrogens with one attached hydrogen (secondary N) is 2. The zero-order valence-corrected chi connectivity index (χ0v) is 18.1. The largest absolute Gasteiger partial charge is 0.416 e. The molecule has 2 aromatic heterocycles. The van der Waals surface area contributed by atoms with Crippen molar-refractivity contribution in [1.29, 1.82) is 0 Å². The fourth-order valence-corrected chi connectivity index (χ4v) is 4.34. The van der Waals surface area contributed by atoms with Crippen molar-refractivity contribution >= 4 is 29.3 Å². The summed E-state index contributed by atoms with van der Waals surface area (Å²) < 4.78 is 78.7. The van der Waals surface area contributed by atoms with Gasteiger partial charge in [-0.1, -0.05) is 24.4 Å². The van der Waals surface area contributed by atoms with Crippen LogP contribution in [0.4, 0.5) is 32.3 Å². The first kappa shape index (κ1) is 23.6. The Kier molecular flexibility index (Phi) is 6.45. The van der Waals surface area contributed by atoms with Crippen LogP contribution in [0.2, 0.25) is 5.15 Å². The highest BCUT2D eigenvalue weighted by Gasteiger charge is 2.37. The van der Waals surface area contributed by atoms with Crippen molar-refractivity contribution in [2.45, 2.75) is 54.3 Å². The molecule has 0 atom stereocenters. The van der Waals surface area contributed by atoms with Gasteiger partial charge < -0.3 is 5.32 Å². The van der Waals surface area contributed by atoms with Gasteiger partial charge >= 0.3 is 12.4 Å². The van der Waals surface area contributed by atoms with Gasteiger partial charge in [0.05, 0.1) is 11.1 Å². The molecule has 6 nitrogen and oxygen atoms in total. The van der Waals surface area contributed by atoms with Crippen molar-refractivity contribution in [3.8, 4) is 11.4 Å². The van der Waals surface area contributed by atoms with Gasteiger partial charge in [0.25, 0.3) is 0 Å². The zero-order chi connectivity index (χ0) is 23.8. The molecule has 0 radical (unpaired) electrons. The van der Waals surface area contributed by atoms with E-state index in [9.17, 15) is 26.3 Å². The van der Waals surface area contributed by atoms with Crippen LogP contribution in [0.1, 0.15) is 36.8 Å². The Labute approximate surface area is 192 Å². The second kappa shape index (κ2) is 9.01. The molecule has 0 bridgehead atoms. The molecule has 2 heterocycles. The Morgan fingerprint density at radius 2 is 1.55 bits per heavy atom. The summed E-state index contributed by atoms with van der Waals surface area (Å²) in [5.74, 6) is 0.00268.